The van der Waals surface area contributed by atoms with Crippen LogP contribution in [0.4, 0.5) is 14.5 Å². The Hall–Kier alpha value is -3.27. The second-order valence-electron chi connectivity index (χ2n) is 5.52. The van der Waals surface area contributed by atoms with Crippen LogP contribution in [0.15, 0.2) is 56.5 Å². The van der Waals surface area contributed by atoms with Crippen LogP contribution >= 0.6 is 15.9 Å². The largest absolute Gasteiger partial charge is 0.434 e. The Morgan fingerprint density at radius 1 is 1.14 bits per heavy atom. The molecule has 0 spiro atoms. The average molecular weight is 452 g/mol. The quantitative estimate of drug-likeness (QED) is 0.518. The van der Waals surface area contributed by atoms with Crippen molar-refractivity contribution in [2.24, 2.45) is 0 Å². The number of aromatic nitrogens is 2. The average Bonchev–Trinajstić information content (AvgIpc) is 2.64. The Kier molecular flexibility index (Phi) is 5.69. The number of hydrogen-bond donors (Lipinski definition) is 3. The van der Waals surface area contributed by atoms with Crippen molar-refractivity contribution >= 4 is 44.4 Å². The number of benzene rings is 2. The lowest BCUT2D eigenvalue weighted by Gasteiger charge is -2.08. The Morgan fingerprint density at radius 2 is 1.89 bits per heavy atom. The van der Waals surface area contributed by atoms with E-state index >= 15 is 0 Å². The van der Waals surface area contributed by atoms with E-state index < -0.39 is 23.6 Å². The minimum atomic E-state index is -3.01. The highest BCUT2D eigenvalue weighted by atomic mass is 79.9. The van der Waals surface area contributed by atoms with Gasteiger partial charge in [0.1, 0.15) is 5.75 Å². The van der Waals surface area contributed by atoms with Crippen LogP contribution in [0, 0.1) is 0 Å². The second-order valence-corrected chi connectivity index (χ2v) is 6.44. The number of aromatic amines is 2. The number of nitrogens with one attached hydrogen (secondary N) is 3. The molecule has 28 heavy (non-hydrogen) atoms. The molecule has 0 bridgehead atoms. The lowest BCUT2D eigenvalue weighted by molar-refractivity contribution is -0.111. The summed E-state index contributed by atoms with van der Waals surface area (Å²) < 4.78 is 30.0. The third-order valence-corrected chi connectivity index (χ3v) is 4.18. The number of carbonyl (C=O) groups is 1. The lowest BCUT2D eigenvalue weighted by Crippen LogP contribution is -2.21. The fraction of sp³-hybridized carbons (Fsp3) is 0.0556. The third kappa shape index (κ3) is 4.34. The van der Waals surface area contributed by atoms with E-state index in [1.165, 1.54) is 42.5 Å². The first-order chi connectivity index (χ1) is 13.3. The van der Waals surface area contributed by atoms with Gasteiger partial charge in [0, 0.05) is 16.1 Å². The minimum Gasteiger partial charge on any atom is -0.434 e. The van der Waals surface area contributed by atoms with E-state index in [1.54, 1.807) is 0 Å². The van der Waals surface area contributed by atoms with E-state index in [2.05, 4.69) is 36.2 Å². The number of ether oxygens (including phenoxy) is 1. The van der Waals surface area contributed by atoms with Crippen molar-refractivity contribution in [2.45, 2.75) is 6.61 Å². The van der Waals surface area contributed by atoms with Crippen molar-refractivity contribution in [1.82, 2.24) is 10.2 Å². The molecule has 0 aliphatic heterocycles. The minimum absolute atomic E-state index is 0.0252. The van der Waals surface area contributed by atoms with Crippen molar-refractivity contribution in [3.8, 4) is 5.75 Å². The van der Waals surface area contributed by atoms with Crippen LogP contribution in [-0.4, -0.2) is 22.7 Å². The summed E-state index contributed by atoms with van der Waals surface area (Å²) >= 11 is 3.22. The van der Waals surface area contributed by atoms with Crippen LogP contribution in [0.2, 0.25) is 0 Å². The second kappa shape index (κ2) is 8.17. The normalized spacial score (nSPS) is 11.3. The summed E-state index contributed by atoms with van der Waals surface area (Å²) in [5, 5.41) is 7.03. The number of halogens is 3. The van der Waals surface area contributed by atoms with Crippen molar-refractivity contribution in [3.05, 3.63) is 73.2 Å². The molecule has 0 radical (unpaired) electrons. The molecule has 3 aromatic rings. The molecule has 0 saturated heterocycles. The van der Waals surface area contributed by atoms with Crippen LogP contribution in [0.1, 0.15) is 5.56 Å². The molecule has 3 rings (SSSR count). The molecule has 0 fully saturated rings. The molecule has 0 saturated carbocycles. The lowest BCUT2D eigenvalue weighted by atomic mass is 10.1. The van der Waals surface area contributed by atoms with Gasteiger partial charge in [0.15, 0.2) is 0 Å². The summed E-state index contributed by atoms with van der Waals surface area (Å²) in [6, 6.07) is 8.79. The first-order valence-corrected chi connectivity index (χ1v) is 8.61. The standard InChI is InChI=1S/C18H12BrF2N3O4/c19-10-5-6-13(28-18(20)21)9(8-10)4-7-14(25)22-12-3-1-2-11-15(12)17(27)24-23-16(11)26/h1-8,18H,(H,22,25)(H,23,26)(H,24,27)/b7-4+. The number of amides is 1. The molecule has 0 aliphatic carbocycles. The summed E-state index contributed by atoms with van der Waals surface area (Å²) in [7, 11) is 0. The highest BCUT2D eigenvalue weighted by Crippen LogP contribution is 2.26. The van der Waals surface area contributed by atoms with Gasteiger partial charge in [0.25, 0.3) is 11.1 Å². The van der Waals surface area contributed by atoms with Gasteiger partial charge in [-0.25, -0.2) is 0 Å². The first kappa shape index (κ1) is 19.5. The van der Waals surface area contributed by atoms with Crippen LogP contribution < -0.4 is 21.2 Å². The Bertz CT molecular complexity index is 1190. The van der Waals surface area contributed by atoms with Gasteiger partial charge in [-0.15, -0.1) is 0 Å². The molecule has 1 amide bonds. The molecule has 1 aromatic heterocycles. The summed E-state index contributed by atoms with van der Waals surface area (Å²) in [4.78, 5) is 36.1. The van der Waals surface area contributed by atoms with Crippen LogP contribution in [0.25, 0.3) is 16.8 Å². The number of carbonyl (C=O) groups excluding carboxylic acids is 1. The fourth-order valence-corrected chi connectivity index (χ4v) is 2.91. The van der Waals surface area contributed by atoms with Gasteiger partial charge < -0.3 is 10.1 Å². The van der Waals surface area contributed by atoms with Gasteiger partial charge in [-0.3, -0.25) is 24.6 Å². The molecule has 0 unspecified atom stereocenters. The smallest absolute Gasteiger partial charge is 0.387 e. The van der Waals surface area contributed by atoms with E-state index in [9.17, 15) is 23.2 Å². The zero-order valence-electron chi connectivity index (χ0n) is 14.0. The first-order valence-electron chi connectivity index (χ1n) is 7.82. The van der Waals surface area contributed by atoms with Crippen molar-refractivity contribution in [1.29, 1.82) is 0 Å². The SMILES string of the molecule is O=C(/C=C/c1cc(Br)ccc1OC(F)F)Nc1cccc2c(=O)[nH][nH]c(=O)c12. The van der Waals surface area contributed by atoms with Gasteiger partial charge in [-0.1, -0.05) is 22.0 Å². The molecule has 3 N–H and O–H groups in total. The molecule has 2 aromatic carbocycles. The number of rotatable bonds is 5. The van der Waals surface area contributed by atoms with Gasteiger partial charge in [0.2, 0.25) is 5.91 Å². The van der Waals surface area contributed by atoms with Gasteiger partial charge in [0.05, 0.1) is 16.5 Å². The number of fused-ring (bicyclic) bond motifs is 1. The fourth-order valence-electron chi connectivity index (χ4n) is 2.53. The maximum absolute atomic E-state index is 12.5. The molecular weight excluding hydrogens is 440 g/mol. The molecule has 1 heterocycles. The molecule has 10 heteroatoms. The predicted molar refractivity (Wildman–Crippen MR) is 104 cm³/mol. The highest BCUT2D eigenvalue weighted by Gasteiger charge is 2.11. The summed E-state index contributed by atoms with van der Waals surface area (Å²) in [5.41, 5.74) is -0.701. The summed E-state index contributed by atoms with van der Waals surface area (Å²) in [5.74, 6) is -0.731. The van der Waals surface area contributed by atoms with Gasteiger partial charge in [-0.2, -0.15) is 8.78 Å². The molecule has 7 nitrogen and oxygen atoms in total. The Balaban J connectivity index is 1.89. The van der Waals surface area contributed by atoms with Gasteiger partial charge >= 0.3 is 6.61 Å². The molecule has 0 atom stereocenters. The predicted octanol–water partition coefficient (Wildman–Crippen LogP) is 3.23. The van der Waals surface area contributed by atoms with E-state index in [1.807, 2.05) is 0 Å². The van der Waals surface area contributed by atoms with E-state index in [4.69, 9.17) is 0 Å². The third-order valence-electron chi connectivity index (χ3n) is 3.69. The highest BCUT2D eigenvalue weighted by molar-refractivity contribution is 9.10. The summed E-state index contributed by atoms with van der Waals surface area (Å²) in [6.07, 6.45) is 2.39. The van der Waals surface area contributed by atoms with E-state index in [0.717, 1.165) is 6.08 Å². The molecular formula is C18H12BrF2N3O4. The maximum Gasteiger partial charge on any atom is 0.387 e. The van der Waals surface area contributed by atoms with E-state index in [-0.39, 0.29) is 27.8 Å². The Morgan fingerprint density at radius 3 is 2.64 bits per heavy atom. The number of anilines is 1. The summed E-state index contributed by atoms with van der Waals surface area (Å²) in [6.45, 7) is -3.01. The van der Waals surface area contributed by atoms with E-state index in [0.29, 0.717) is 4.47 Å². The van der Waals surface area contributed by atoms with Gasteiger partial charge in [-0.05, 0) is 36.4 Å². The van der Waals surface area contributed by atoms with Crippen LogP contribution in [-0.2, 0) is 4.79 Å². The van der Waals surface area contributed by atoms with Crippen LogP contribution in [0.5, 0.6) is 5.75 Å². The zero-order chi connectivity index (χ0) is 20.3. The van der Waals surface area contributed by atoms with Crippen molar-refractivity contribution in [2.75, 3.05) is 5.32 Å². The number of hydrogen-bond acceptors (Lipinski definition) is 4. The maximum atomic E-state index is 12.5. The monoisotopic (exact) mass is 451 g/mol. The number of H-pyrrole nitrogens is 2. The topological polar surface area (TPSA) is 104 Å². The Labute approximate surface area is 164 Å². The number of alkyl halides is 2. The molecule has 144 valence electrons. The van der Waals surface area contributed by atoms with Crippen molar-refractivity contribution < 1.29 is 18.3 Å². The van der Waals surface area contributed by atoms with Crippen LogP contribution in [0.3, 0.4) is 0 Å². The molecule has 0 aliphatic rings. The zero-order valence-corrected chi connectivity index (χ0v) is 15.5. The van der Waals surface area contributed by atoms with Crippen molar-refractivity contribution in [3.63, 3.8) is 0 Å².